The van der Waals surface area contributed by atoms with E-state index in [2.05, 4.69) is 0 Å². The molecule has 0 atom stereocenters. The minimum absolute atomic E-state index is 0.00340. The van der Waals surface area contributed by atoms with Crippen molar-refractivity contribution in [1.82, 2.24) is 4.90 Å². The highest BCUT2D eigenvalue weighted by Crippen LogP contribution is 2.34. The summed E-state index contributed by atoms with van der Waals surface area (Å²) < 4.78 is 11.6. The smallest absolute Gasteiger partial charge is 0.297 e. The Kier molecular flexibility index (Phi) is 8.50. The second-order valence-corrected chi connectivity index (χ2v) is 7.75. The SMILES string of the molecule is COC(C)(C)C.Cc1cc([N+](C)=O)c(OC2CCN(C=O)CC2)cc1Cl. The number of hydrogen-bond acceptors (Lipinski definition) is 4. The predicted molar refractivity (Wildman–Crippen MR) is 103 cm³/mol. The lowest BCUT2D eigenvalue weighted by Crippen LogP contribution is -2.37. The van der Waals surface area contributed by atoms with E-state index in [0.717, 1.165) is 29.6 Å². The summed E-state index contributed by atoms with van der Waals surface area (Å²) in [5, 5.41) is 0.580. The molecule has 1 aliphatic rings. The van der Waals surface area contributed by atoms with Crippen molar-refractivity contribution in [2.24, 2.45) is 0 Å². The van der Waals surface area contributed by atoms with Gasteiger partial charge in [-0.2, -0.15) is 0 Å². The molecule has 7 heteroatoms. The van der Waals surface area contributed by atoms with E-state index in [4.69, 9.17) is 21.1 Å². The number of nitroso groups, excluding NO2 is 1. The molecule has 1 amide bonds. The fourth-order valence-corrected chi connectivity index (χ4v) is 2.42. The average Bonchev–Trinajstić information content (AvgIpc) is 2.58. The van der Waals surface area contributed by atoms with Crippen LogP contribution in [0.1, 0.15) is 39.2 Å². The van der Waals surface area contributed by atoms with Gasteiger partial charge in [-0.1, -0.05) is 11.6 Å². The third kappa shape index (κ3) is 7.30. The number of nitrogens with zero attached hydrogens (tertiary/aromatic N) is 2. The summed E-state index contributed by atoms with van der Waals surface area (Å²) >= 11 is 6.10. The highest BCUT2D eigenvalue weighted by atomic mass is 35.5. The second-order valence-electron chi connectivity index (χ2n) is 7.34. The van der Waals surface area contributed by atoms with Crippen LogP contribution >= 0.6 is 11.6 Å². The molecule has 1 aromatic carbocycles. The van der Waals surface area contributed by atoms with Crippen molar-refractivity contribution in [2.45, 2.75) is 52.2 Å². The first-order chi connectivity index (χ1) is 12.1. The first-order valence-electron chi connectivity index (χ1n) is 8.69. The van der Waals surface area contributed by atoms with Gasteiger partial charge < -0.3 is 14.4 Å². The Labute approximate surface area is 161 Å². The number of methoxy groups -OCH3 is 1. The van der Waals surface area contributed by atoms with Crippen LogP contribution in [0, 0.1) is 11.8 Å². The molecule has 0 aliphatic carbocycles. The molecule has 146 valence electrons. The maximum absolute atomic E-state index is 11.6. The summed E-state index contributed by atoms with van der Waals surface area (Å²) in [7, 11) is 3.14. The van der Waals surface area contributed by atoms with Crippen molar-refractivity contribution >= 4 is 23.7 Å². The maximum atomic E-state index is 11.6. The lowest BCUT2D eigenvalue weighted by molar-refractivity contribution is -0.429. The Bertz CT molecular complexity index is 621. The van der Waals surface area contributed by atoms with Gasteiger partial charge in [0.25, 0.3) is 5.69 Å². The van der Waals surface area contributed by atoms with Gasteiger partial charge in [0.1, 0.15) is 6.10 Å². The minimum atomic E-state index is 0.00340. The maximum Gasteiger partial charge on any atom is 0.297 e. The fraction of sp³-hybridized carbons (Fsp3) is 0.632. The van der Waals surface area contributed by atoms with Crippen molar-refractivity contribution in [1.29, 1.82) is 0 Å². The van der Waals surface area contributed by atoms with Gasteiger partial charge in [0.2, 0.25) is 6.41 Å². The lowest BCUT2D eigenvalue weighted by atomic mass is 10.1. The summed E-state index contributed by atoms with van der Waals surface area (Å²) in [6.07, 6.45) is 2.37. The number of carbonyl (C=O) groups excluding carboxylic acids is 1. The van der Waals surface area contributed by atoms with E-state index < -0.39 is 0 Å². The van der Waals surface area contributed by atoms with E-state index in [-0.39, 0.29) is 11.7 Å². The molecule has 0 spiro atoms. The number of halogens is 1. The van der Waals surface area contributed by atoms with Crippen LogP contribution in [0.4, 0.5) is 5.69 Å². The molecule has 1 fully saturated rings. The number of likely N-dealkylation sites (tertiary alicyclic amines) is 1. The van der Waals surface area contributed by atoms with Crippen LogP contribution in [-0.4, -0.2) is 55.0 Å². The Morgan fingerprint density at radius 2 is 1.81 bits per heavy atom. The van der Waals surface area contributed by atoms with Crippen molar-refractivity contribution in [3.05, 3.63) is 27.6 Å². The number of carbonyl (C=O) groups is 1. The van der Waals surface area contributed by atoms with E-state index in [1.165, 1.54) is 7.05 Å². The molecular formula is C19H30ClN2O4+. The van der Waals surface area contributed by atoms with Gasteiger partial charge in [0, 0.05) is 59.9 Å². The van der Waals surface area contributed by atoms with Crippen molar-refractivity contribution < 1.29 is 19.0 Å². The Balaban J connectivity index is 0.000000487. The van der Waals surface area contributed by atoms with Crippen LogP contribution in [0.5, 0.6) is 5.75 Å². The largest absolute Gasteiger partial charge is 0.483 e. The topological polar surface area (TPSA) is 58.9 Å². The zero-order chi connectivity index (χ0) is 19.9. The molecule has 1 aliphatic heterocycles. The summed E-state index contributed by atoms with van der Waals surface area (Å²) in [5.74, 6) is 0.502. The van der Waals surface area contributed by atoms with E-state index in [1.54, 1.807) is 24.1 Å². The Morgan fingerprint density at radius 3 is 2.23 bits per heavy atom. The van der Waals surface area contributed by atoms with E-state index in [0.29, 0.717) is 29.5 Å². The van der Waals surface area contributed by atoms with Gasteiger partial charge in [-0.25, -0.2) is 0 Å². The van der Waals surface area contributed by atoms with Crippen molar-refractivity contribution in [3.63, 3.8) is 0 Å². The van der Waals surface area contributed by atoms with Crippen LogP contribution in [0.25, 0.3) is 0 Å². The van der Waals surface area contributed by atoms with Crippen LogP contribution < -0.4 is 4.74 Å². The number of aryl methyl sites for hydroxylation is 1. The second kappa shape index (κ2) is 9.88. The zero-order valence-electron chi connectivity index (χ0n) is 16.5. The number of benzene rings is 1. The van der Waals surface area contributed by atoms with E-state index >= 15 is 0 Å². The Hall–Kier alpha value is -1.66. The van der Waals surface area contributed by atoms with E-state index in [1.807, 2.05) is 27.7 Å². The van der Waals surface area contributed by atoms with Gasteiger partial charge in [0.15, 0.2) is 12.8 Å². The monoisotopic (exact) mass is 385 g/mol. The third-order valence-corrected chi connectivity index (χ3v) is 4.52. The van der Waals surface area contributed by atoms with Crippen LogP contribution in [0.3, 0.4) is 0 Å². The summed E-state index contributed by atoms with van der Waals surface area (Å²) in [6.45, 7) is 9.27. The van der Waals surface area contributed by atoms with Crippen LogP contribution in [0.2, 0.25) is 5.02 Å². The molecule has 1 aromatic rings. The minimum Gasteiger partial charge on any atom is -0.483 e. The normalized spacial score (nSPS) is 15.1. The van der Waals surface area contributed by atoms with Crippen LogP contribution in [0.15, 0.2) is 12.1 Å². The van der Waals surface area contributed by atoms with E-state index in [9.17, 15) is 9.70 Å². The van der Waals surface area contributed by atoms with Gasteiger partial charge in [0.05, 0.1) is 5.60 Å². The van der Waals surface area contributed by atoms with Gasteiger partial charge in [-0.3, -0.25) is 4.79 Å². The van der Waals surface area contributed by atoms with Crippen molar-refractivity contribution in [2.75, 3.05) is 27.2 Å². The molecule has 0 radical (unpaired) electrons. The number of ether oxygens (including phenoxy) is 2. The number of hydrogen-bond donors (Lipinski definition) is 0. The first-order valence-corrected chi connectivity index (χ1v) is 9.07. The van der Waals surface area contributed by atoms with Crippen molar-refractivity contribution in [3.8, 4) is 5.75 Å². The molecule has 2 rings (SSSR count). The first kappa shape index (κ1) is 22.4. The zero-order valence-corrected chi connectivity index (χ0v) is 17.3. The predicted octanol–water partition coefficient (Wildman–Crippen LogP) is 4.12. The molecule has 0 saturated carbocycles. The summed E-state index contributed by atoms with van der Waals surface area (Å²) in [6, 6.07) is 3.41. The highest BCUT2D eigenvalue weighted by Gasteiger charge is 2.24. The molecule has 6 nitrogen and oxygen atoms in total. The standard InChI is InChI=1S/C14H18ClN2O3.C5H12O/c1-10-7-13(16(2)19)14(8-12(10)15)20-11-3-5-17(9-18)6-4-11;1-5(2,3)6-4/h7-9,11H,3-6H2,1-2H3;1-4H3/q+1;. The summed E-state index contributed by atoms with van der Waals surface area (Å²) in [5.41, 5.74) is 1.36. The fourth-order valence-electron chi connectivity index (χ4n) is 2.27. The average molecular weight is 386 g/mol. The molecule has 0 unspecified atom stereocenters. The number of rotatable bonds is 4. The number of piperidine rings is 1. The lowest BCUT2D eigenvalue weighted by Gasteiger charge is -2.29. The molecule has 26 heavy (non-hydrogen) atoms. The molecule has 0 bridgehead atoms. The number of amides is 1. The molecule has 0 N–H and O–H groups in total. The van der Waals surface area contributed by atoms with Gasteiger partial charge >= 0.3 is 0 Å². The molecule has 1 heterocycles. The highest BCUT2D eigenvalue weighted by molar-refractivity contribution is 6.31. The van der Waals surface area contributed by atoms with Gasteiger partial charge in [-0.15, -0.1) is 0 Å². The third-order valence-electron chi connectivity index (χ3n) is 4.11. The molecule has 1 saturated heterocycles. The quantitative estimate of drug-likeness (QED) is 0.577. The van der Waals surface area contributed by atoms with Gasteiger partial charge in [-0.05, 0) is 33.3 Å². The summed E-state index contributed by atoms with van der Waals surface area (Å²) in [4.78, 5) is 24.0. The van der Waals surface area contributed by atoms with Crippen LogP contribution in [-0.2, 0) is 9.53 Å². The molecular weight excluding hydrogens is 356 g/mol. The Morgan fingerprint density at radius 1 is 1.27 bits per heavy atom. The molecule has 0 aromatic heterocycles.